The predicted molar refractivity (Wildman–Crippen MR) is 157 cm³/mol. The smallest absolute Gasteiger partial charge is 0.209 e. The number of anilines is 2. The lowest BCUT2D eigenvalue weighted by Gasteiger charge is -2.31. The van der Waals surface area contributed by atoms with Crippen molar-refractivity contribution < 1.29 is 14.3 Å². The molecule has 5 rings (SSSR count). The van der Waals surface area contributed by atoms with Crippen LogP contribution in [-0.2, 0) is 9.53 Å². The molecule has 10 heteroatoms. The van der Waals surface area contributed by atoms with Crippen LogP contribution in [0.1, 0.15) is 30.9 Å². The fourth-order valence-electron chi connectivity index (χ4n) is 4.33. The van der Waals surface area contributed by atoms with Crippen molar-refractivity contribution in [3.05, 3.63) is 84.2 Å². The van der Waals surface area contributed by atoms with E-state index in [-0.39, 0.29) is 17.6 Å². The largest absolute Gasteiger partial charge is 0.457 e. The van der Waals surface area contributed by atoms with Crippen LogP contribution in [0.25, 0.3) is 0 Å². The number of nitrogens with zero attached hydrogens (tertiary/aromatic N) is 3. The number of ether oxygens (including phenoxy) is 2. The second-order valence-electron chi connectivity index (χ2n) is 9.59. The summed E-state index contributed by atoms with van der Waals surface area (Å²) < 4.78 is 10.8. The van der Waals surface area contributed by atoms with Gasteiger partial charge in [-0.2, -0.15) is 0 Å². The number of amides is 1. The Hall–Kier alpha value is -4.28. The van der Waals surface area contributed by atoms with Gasteiger partial charge in [-0.15, -0.1) is 0 Å². The van der Waals surface area contributed by atoms with Gasteiger partial charge in [-0.25, -0.2) is 9.97 Å². The zero-order valence-electron chi connectivity index (χ0n) is 22.8. The van der Waals surface area contributed by atoms with E-state index in [1.165, 1.54) is 6.33 Å². The molecule has 5 N–H and O–H groups in total. The Labute approximate surface area is 235 Å². The first-order valence-corrected chi connectivity index (χ1v) is 13.5. The number of carbonyl (C=O) groups is 1. The number of nitrogen functional groups attached to an aromatic ring is 1. The zero-order chi connectivity index (χ0) is 28.2. The summed E-state index contributed by atoms with van der Waals surface area (Å²) >= 11 is 0. The zero-order valence-corrected chi connectivity index (χ0v) is 22.8. The minimum atomic E-state index is 0.0430. The van der Waals surface area contributed by atoms with Crippen LogP contribution in [0.15, 0.2) is 73.1 Å². The topological polar surface area (TPSA) is 138 Å². The average molecular weight is 544 g/mol. The number of hydrogen-bond acceptors (Lipinski definition) is 9. The highest BCUT2D eigenvalue weighted by molar-refractivity contribution is 6.16. The summed E-state index contributed by atoms with van der Waals surface area (Å²) in [4.78, 5) is 21.3. The number of hydrogen-bond donors (Lipinski definition) is 4. The van der Waals surface area contributed by atoms with Crippen molar-refractivity contribution in [2.75, 3.05) is 43.9 Å². The summed E-state index contributed by atoms with van der Waals surface area (Å²) in [6, 6.07) is 17.4. The SMILES string of the molecule is C/C=C/CNC1COC1.N=C(c1ccc(Oc2ccccc2)cc1)c1c(N)ncnc1NC1CCCN(C=O)C1. The molecule has 2 saturated heterocycles. The summed E-state index contributed by atoms with van der Waals surface area (Å²) in [5, 5.41) is 15.4. The van der Waals surface area contributed by atoms with Gasteiger partial charge in [-0.3, -0.25) is 10.2 Å². The first kappa shape index (κ1) is 28.7. The molecular formula is C30H37N7O3. The number of allylic oxidation sites excluding steroid dienone is 1. The maximum atomic E-state index is 11.1. The highest BCUT2D eigenvalue weighted by atomic mass is 16.5. The van der Waals surface area contributed by atoms with E-state index in [1.54, 1.807) is 4.90 Å². The Balaban J connectivity index is 0.000000350. The molecule has 2 aliphatic rings. The van der Waals surface area contributed by atoms with Crippen molar-refractivity contribution in [3.8, 4) is 11.5 Å². The van der Waals surface area contributed by atoms with Gasteiger partial charge in [0.25, 0.3) is 0 Å². The number of aromatic nitrogens is 2. The molecule has 1 amide bonds. The Morgan fingerprint density at radius 3 is 2.55 bits per heavy atom. The normalized spacial score (nSPS) is 16.9. The van der Waals surface area contributed by atoms with Crippen molar-refractivity contribution in [1.29, 1.82) is 5.41 Å². The van der Waals surface area contributed by atoms with Gasteiger partial charge in [-0.05, 0) is 56.2 Å². The molecule has 0 aliphatic carbocycles. The van der Waals surface area contributed by atoms with E-state index < -0.39 is 0 Å². The van der Waals surface area contributed by atoms with E-state index in [9.17, 15) is 4.79 Å². The van der Waals surface area contributed by atoms with Crippen LogP contribution < -0.4 is 21.1 Å². The quantitative estimate of drug-likeness (QED) is 0.172. The lowest BCUT2D eigenvalue weighted by molar-refractivity contribution is -0.119. The van der Waals surface area contributed by atoms with Gasteiger partial charge < -0.3 is 30.7 Å². The van der Waals surface area contributed by atoms with E-state index in [2.05, 4.69) is 26.7 Å². The summed E-state index contributed by atoms with van der Waals surface area (Å²) in [7, 11) is 0. The number of nitrogens with two attached hydrogens (primary N) is 1. The van der Waals surface area contributed by atoms with Crippen LogP contribution in [0, 0.1) is 5.41 Å². The molecule has 0 saturated carbocycles. The molecule has 40 heavy (non-hydrogen) atoms. The van der Waals surface area contributed by atoms with E-state index in [1.807, 2.05) is 67.6 Å². The fraction of sp³-hybridized carbons (Fsp3) is 0.333. The molecule has 2 fully saturated rings. The third kappa shape index (κ3) is 8.11. The molecule has 2 aliphatic heterocycles. The maximum absolute atomic E-state index is 11.1. The Morgan fingerprint density at radius 1 is 1.12 bits per heavy atom. The highest BCUT2D eigenvalue weighted by Crippen LogP contribution is 2.26. The van der Waals surface area contributed by atoms with Crippen molar-refractivity contribution in [3.63, 3.8) is 0 Å². The van der Waals surface area contributed by atoms with Gasteiger partial charge in [0.2, 0.25) is 6.41 Å². The van der Waals surface area contributed by atoms with Gasteiger partial charge >= 0.3 is 0 Å². The van der Waals surface area contributed by atoms with Crippen LogP contribution >= 0.6 is 0 Å². The minimum absolute atomic E-state index is 0.0430. The number of benzene rings is 2. The highest BCUT2D eigenvalue weighted by Gasteiger charge is 2.23. The van der Waals surface area contributed by atoms with Gasteiger partial charge in [-0.1, -0.05) is 30.4 Å². The molecular weight excluding hydrogens is 506 g/mol. The Kier molecular flexibility index (Phi) is 10.6. The Morgan fingerprint density at radius 2 is 1.88 bits per heavy atom. The summed E-state index contributed by atoms with van der Waals surface area (Å²) in [6.07, 6.45) is 8.22. The first-order valence-electron chi connectivity index (χ1n) is 13.5. The van der Waals surface area contributed by atoms with Gasteiger partial charge in [0.1, 0.15) is 29.5 Å². The van der Waals surface area contributed by atoms with E-state index in [0.29, 0.717) is 35.3 Å². The van der Waals surface area contributed by atoms with Gasteiger partial charge in [0, 0.05) is 31.2 Å². The number of nitrogens with one attached hydrogen (secondary N) is 3. The molecule has 1 unspecified atom stereocenters. The lowest BCUT2D eigenvalue weighted by atomic mass is 10.0. The van der Waals surface area contributed by atoms with Gasteiger partial charge in [0.15, 0.2) is 0 Å². The van der Waals surface area contributed by atoms with Crippen LogP contribution in [0.2, 0.25) is 0 Å². The van der Waals surface area contributed by atoms with Crippen molar-refractivity contribution in [2.24, 2.45) is 0 Å². The monoisotopic (exact) mass is 543 g/mol. The van der Waals surface area contributed by atoms with E-state index >= 15 is 0 Å². The number of likely N-dealkylation sites (tertiary alicyclic amines) is 1. The van der Waals surface area contributed by atoms with Crippen LogP contribution in [-0.4, -0.2) is 71.9 Å². The molecule has 1 atom stereocenters. The number of rotatable bonds is 10. The summed E-state index contributed by atoms with van der Waals surface area (Å²) in [6.45, 7) is 6.12. The van der Waals surface area contributed by atoms with Crippen molar-refractivity contribution >= 4 is 23.8 Å². The third-order valence-electron chi connectivity index (χ3n) is 6.59. The standard InChI is InChI=1S/C23H24N6O2.C7H13NO/c24-21(16-8-10-19(11-9-16)31-18-6-2-1-3-7-18)20-22(25)26-14-27-23(20)28-17-5-4-12-29(13-17)15-30;1-2-3-4-8-7-5-9-6-7/h1-3,6-11,14-15,17,24H,4-5,12-13H2,(H3,25,26,27,28);2-3,7-8H,4-6H2,1H3/b;3-2+. The van der Waals surface area contributed by atoms with E-state index in [4.69, 9.17) is 20.6 Å². The van der Waals surface area contributed by atoms with Gasteiger partial charge in [0.05, 0.1) is 30.5 Å². The van der Waals surface area contributed by atoms with Crippen LogP contribution in [0.4, 0.5) is 11.6 Å². The number of piperidine rings is 1. The molecule has 0 radical (unpaired) electrons. The molecule has 3 heterocycles. The minimum Gasteiger partial charge on any atom is -0.457 e. The van der Waals surface area contributed by atoms with Crippen LogP contribution in [0.5, 0.6) is 11.5 Å². The third-order valence-corrected chi connectivity index (χ3v) is 6.59. The molecule has 1 aromatic heterocycles. The van der Waals surface area contributed by atoms with Crippen LogP contribution in [0.3, 0.4) is 0 Å². The summed E-state index contributed by atoms with van der Waals surface area (Å²) in [5.41, 5.74) is 7.46. The second-order valence-corrected chi connectivity index (χ2v) is 9.59. The maximum Gasteiger partial charge on any atom is 0.209 e. The fourth-order valence-corrected chi connectivity index (χ4v) is 4.33. The predicted octanol–water partition coefficient (Wildman–Crippen LogP) is 3.85. The molecule has 3 aromatic rings. The molecule has 0 spiro atoms. The molecule has 210 valence electrons. The number of carbonyl (C=O) groups excluding carboxylic acids is 1. The first-order chi connectivity index (χ1) is 19.6. The molecule has 10 nitrogen and oxygen atoms in total. The van der Waals surface area contributed by atoms with Crippen molar-refractivity contribution in [2.45, 2.75) is 31.8 Å². The Bertz CT molecular complexity index is 1260. The average Bonchev–Trinajstić information content (AvgIpc) is 2.96. The van der Waals surface area contributed by atoms with E-state index in [0.717, 1.165) is 51.3 Å². The van der Waals surface area contributed by atoms with Crippen molar-refractivity contribution in [1.82, 2.24) is 20.2 Å². The summed E-state index contributed by atoms with van der Waals surface area (Å²) in [5.74, 6) is 2.15. The second kappa shape index (κ2) is 14.8. The molecule has 0 bridgehead atoms. The lowest BCUT2D eigenvalue weighted by Crippen LogP contribution is -2.45. The number of para-hydroxylation sites is 1. The molecule has 2 aromatic carbocycles.